The van der Waals surface area contributed by atoms with Crippen LogP contribution in [0.1, 0.15) is 33.7 Å². The molecule has 1 N–H and O–H groups in total. The molecule has 0 bridgehead atoms. The smallest absolute Gasteiger partial charge is 0.226 e. The third kappa shape index (κ3) is 2.53. The van der Waals surface area contributed by atoms with Crippen molar-refractivity contribution in [2.75, 3.05) is 5.32 Å². The lowest BCUT2D eigenvalue weighted by molar-refractivity contribution is 0.223. The van der Waals surface area contributed by atoms with Gasteiger partial charge in [0, 0.05) is 16.0 Å². The molecule has 0 saturated heterocycles. The van der Waals surface area contributed by atoms with Gasteiger partial charge in [-0.3, -0.25) is 0 Å². The highest BCUT2D eigenvalue weighted by Gasteiger charge is 2.41. The molecule has 5 nitrogen and oxygen atoms in total. The monoisotopic (exact) mass is 398 g/mol. The molecule has 6 heteroatoms. The Labute approximate surface area is 172 Å². The summed E-state index contributed by atoms with van der Waals surface area (Å²) in [5, 5.41) is 10.2. The van der Waals surface area contributed by atoms with Crippen LogP contribution in [0.5, 0.6) is 5.75 Å². The predicted octanol–water partition coefficient (Wildman–Crippen LogP) is 5.21. The van der Waals surface area contributed by atoms with Gasteiger partial charge in [-0.05, 0) is 36.1 Å². The fourth-order valence-corrected chi connectivity index (χ4v) is 5.03. The van der Waals surface area contributed by atoms with E-state index in [9.17, 15) is 0 Å². The Morgan fingerprint density at radius 2 is 1.97 bits per heavy atom. The van der Waals surface area contributed by atoms with E-state index in [-0.39, 0.29) is 12.1 Å². The van der Waals surface area contributed by atoms with E-state index in [1.165, 1.54) is 10.4 Å². The number of aromatic nitrogens is 3. The number of ether oxygens (including phenoxy) is 1. The van der Waals surface area contributed by atoms with Crippen molar-refractivity contribution < 1.29 is 4.74 Å². The molecular weight excluding hydrogens is 380 g/mol. The maximum Gasteiger partial charge on any atom is 0.226 e. The van der Waals surface area contributed by atoms with E-state index in [0.29, 0.717) is 0 Å². The Bertz CT molecular complexity index is 1230. The van der Waals surface area contributed by atoms with Gasteiger partial charge in [0.25, 0.3) is 0 Å². The topological polar surface area (TPSA) is 52.0 Å². The maximum absolute atomic E-state index is 6.61. The molecule has 2 aliphatic rings. The number of anilines is 1. The Balaban J connectivity index is 1.65. The zero-order valence-corrected chi connectivity index (χ0v) is 16.6. The third-order valence-electron chi connectivity index (χ3n) is 5.48. The van der Waals surface area contributed by atoms with Crippen LogP contribution in [0.25, 0.3) is 5.70 Å². The van der Waals surface area contributed by atoms with Crippen molar-refractivity contribution in [2.24, 2.45) is 0 Å². The summed E-state index contributed by atoms with van der Waals surface area (Å²) in [5.74, 6) is 1.64. The number of aryl methyl sites for hydroxylation is 1. The highest BCUT2D eigenvalue weighted by molar-refractivity contribution is 7.10. The average Bonchev–Trinajstić information content (AvgIpc) is 3.44. The molecule has 0 aliphatic carbocycles. The molecule has 2 atom stereocenters. The lowest BCUT2D eigenvalue weighted by Gasteiger charge is -2.38. The quantitative estimate of drug-likeness (QED) is 0.504. The Morgan fingerprint density at radius 1 is 1.07 bits per heavy atom. The summed E-state index contributed by atoms with van der Waals surface area (Å²) in [6.45, 7) is 2.10. The molecule has 2 aromatic carbocycles. The highest BCUT2D eigenvalue weighted by Crippen LogP contribution is 2.51. The minimum atomic E-state index is -0.210. The van der Waals surface area contributed by atoms with Crippen molar-refractivity contribution in [1.82, 2.24) is 14.8 Å². The van der Waals surface area contributed by atoms with Gasteiger partial charge in [0.1, 0.15) is 24.2 Å². The largest absolute Gasteiger partial charge is 0.480 e. The minimum absolute atomic E-state index is 0.0670. The van der Waals surface area contributed by atoms with E-state index in [1.807, 2.05) is 10.7 Å². The van der Waals surface area contributed by atoms with Gasteiger partial charge >= 0.3 is 0 Å². The van der Waals surface area contributed by atoms with E-state index < -0.39 is 0 Å². The van der Waals surface area contributed by atoms with Gasteiger partial charge in [-0.2, -0.15) is 10.1 Å². The normalized spacial score (nSPS) is 19.6. The SMILES string of the molecule is Cc1ccc2c(c1)C1=C([C@H](c3ccccc3)O2)[C@@H](c2cccs2)n2ncnc2N1. The van der Waals surface area contributed by atoms with Crippen LogP contribution in [0.3, 0.4) is 0 Å². The number of hydrogen-bond donors (Lipinski definition) is 1. The van der Waals surface area contributed by atoms with Gasteiger partial charge < -0.3 is 10.1 Å². The predicted molar refractivity (Wildman–Crippen MR) is 114 cm³/mol. The average molecular weight is 398 g/mol. The molecule has 29 heavy (non-hydrogen) atoms. The molecule has 2 aliphatic heterocycles. The van der Waals surface area contributed by atoms with E-state index in [2.05, 4.69) is 82.3 Å². The number of fused-ring (bicyclic) bond motifs is 3. The second-order valence-corrected chi connectivity index (χ2v) is 8.29. The molecule has 6 rings (SSSR count). The molecule has 0 unspecified atom stereocenters. The fraction of sp³-hybridized carbons (Fsp3) is 0.130. The molecule has 2 aromatic heterocycles. The molecular formula is C23H18N4OS. The summed E-state index contributed by atoms with van der Waals surface area (Å²) < 4.78 is 8.57. The van der Waals surface area contributed by atoms with E-state index in [0.717, 1.165) is 34.1 Å². The maximum atomic E-state index is 6.61. The molecule has 4 heterocycles. The van der Waals surface area contributed by atoms with Crippen LogP contribution in [-0.2, 0) is 0 Å². The number of thiophene rings is 1. The summed E-state index contributed by atoms with van der Waals surface area (Å²) in [6, 6.07) is 20.9. The number of benzene rings is 2. The second kappa shape index (κ2) is 6.32. The zero-order valence-electron chi connectivity index (χ0n) is 15.7. The molecule has 0 amide bonds. The van der Waals surface area contributed by atoms with Gasteiger partial charge in [-0.15, -0.1) is 11.3 Å². The summed E-state index contributed by atoms with van der Waals surface area (Å²) in [5.41, 5.74) is 5.62. The minimum Gasteiger partial charge on any atom is -0.480 e. The van der Waals surface area contributed by atoms with Crippen LogP contribution in [-0.4, -0.2) is 14.8 Å². The van der Waals surface area contributed by atoms with Crippen molar-refractivity contribution in [3.8, 4) is 5.75 Å². The van der Waals surface area contributed by atoms with Crippen molar-refractivity contribution in [1.29, 1.82) is 0 Å². The lowest BCUT2D eigenvalue weighted by atomic mass is 9.86. The first-order valence-corrected chi connectivity index (χ1v) is 10.4. The lowest BCUT2D eigenvalue weighted by Crippen LogP contribution is -2.32. The van der Waals surface area contributed by atoms with Crippen LogP contribution in [0, 0.1) is 6.92 Å². The van der Waals surface area contributed by atoms with E-state index in [1.54, 1.807) is 17.7 Å². The van der Waals surface area contributed by atoms with Gasteiger partial charge in [0.15, 0.2) is 0 Å². The molecule has 0 fully saturated rings. The molecule has 0 saturated carbocycles. The number of nitrogens with one attached hydrogen (secondary N) is 1. The van der Waals surface area contributed by atoms with Crippen LogP contribution in [0.4, 0.5) is 5.95 Å². The first kappa shape index (κ1) is 16.6. The Kier molecular flexibility index (Phi) is 3.61. The first-order valence-electron chi connectivity index (χ1n) is 9.56. The van der Waals surface area contributed by atoms with Crippen LogP contribution in [0.2, 0.25) is 0 Å². The van der Waals surface area contributed by atoms with Crippen molar-refractivity contribution in [3.63, 3.8) is 0 Å². The number of rotatable bonds is 2. The fourth-order valence-electron chi connectivity index (χ4n) is 4.21. The molecule has 0 radical (unpaired) electrons. The second-order valence-electron chi connectivity index (χ2n) is 7.31. The van der Waals surface area contributed by atoms with Crippen LogP contribution < -0.4 is 10.1 Å². The van der Waals surface area contributed by atoms with Gasteiger partial charge in [0.2, 0.25) is 5.95 Å². The van der Waals surface area contributed by atoms with Gasteiger partial charge in [-0.25, -0.2) is 4.68 Å². The standard InChI is InChI=1S/C23H18N4OS/c1-14-9-10-17-16(12-14)20-19(22(28-17)15-6-3-2-4-7-15)21(18-8-5-11-29-18)27-23(26-20)24-13-25-27/h2-13,21-22H,1H3,(H,24,25,26)/t21-,22+/m1/s1. The number of hydrogen-bond acceptors (Lipinski definition) is 5. The van der Waals surface area contributed by atoms with Gasteiger partial charge in [-0.1, -0.05) is 48.0 Å². The van der Waals surface area contributed by atoms with Crippen LogP contribution >= 0.6 is 11.3 Å². The third-order valence-corrected chi connectivity index (χ3v) is 6.41. The number of nitrogens with zero attached hydrogens (tertiary/aromatic N) is 3. The van der Waals surface area contributed by atoms with E-state index in [4.69, 9.17) is 4.74 Å². The zero-order chi connectivity index (χ0) is 19.4. The molecule has 142 valence electrons. The first-order chi connectivity index (χ1) is 14.3. The van der Waals surface area contributed by atoms with Crippen molar-refractivity contribution in [2.45, 2.75) is 19.1 Å². The van der Waals surface area contributed by atoms with Gasteiger partial charge in [0.05, 0.1) is 5.70 Å². The van der Waals surface area contributed by atoms with Crippen LogP contribution in [0.15, 0.2) is 77.9 Å². The highest BCUT2D eigenvalue weighted by atomic mass is 32.1. The molecule has 0 spiro atoms. The Hall–Kier alpha value is -3.38. The summed E-state index contributed by atoms with van der Waals surface area (Å²) in [6.07, 6.45) is 1.40. The Morgan fingerprint density at radius 3 is 2.79 bits per heavy atom. The summed E-state index contributed by atoms with van der Waals surface area (Å²) >= 11 is 1.73. The van der Waals surface area contributed by atoms with Crippen molar-refractivity contribution in [3.05, 3.63) is 99.5 Å². The molecule has 4 aromatic rings. The van der Waals surface area contributed by atoms with Crippen molar-refractivity contribution >= 4 is 23.0 Å². The van der Waals surface area contributed by atoms with E-state index >= 15 is 0 Å². The summed E-state index contributed by atoms with van der Waals surface area (Å²) in [7, 11) is 0. The summed E-state index contributed by atoms with van der Waals surface area (Å²) in [4.78, 5) is 5.69.